The van der Waals surface area contributed by atoms with E-state index in [1.54, 1.807) is 26.4 Å². The Bertz CT molecular complexity index is 348. The summed E-state index contributed by atoms with van der Waals surface area (Å²) in [5, 5.41) is 3.90. The van der Waals surface area contributed by atoms with Crippen molar-refractivity contribution in [3.63, 3.8) is 0 Å². The molecule has 0 saturated heterocycles. The molecule has 0 N–H and O–H groups in total. The van der Waals surface area contributed by atoms with Gasteiger partial charge in [-0.05, 0) is 6.07 Å². The van der Waals surface area contributed by atoms with Crippen molar-refractivity contribution in [1.82, 2.24) is 14.7 Å². The number of amides is 1. The zero-order valence-corrected chi connectivity index (χ0v) is 7.69. The highest BCUT2D eigenvalue weighted by molar-refractivity contribution is 5.92. The van der Waals surface area contributed by atoms with Crippen LogP contribution in [0.25, 0.3) is 0 Å². The topological polar surface area (TPSA) is 38.1 Å². The molecule has 68 valence electrons. The van der Waals surface area contributed by atoms with Crippen LogP contribution < -0.4 is 0 Å². The molecule has 0 saturated carbocycles. The molecule has 0 radical (unpaired) electrons. The second-order valence-corrected chi connectivity index (χ2v) is 2.71. The first kappa shape index (κ1) is 9.33. The number of nitrogens with zero attached hydrogens (tertiary/aromatic N) is 3. The predicted octanol–water partition coefficient (Wildman–Crippen LogP) is 0.125. The zero-order chi connectivity index (χ0) is 9.84. The lowest BCUT2D eigenvalue weighted by Crippen LogP contribution is -2.28. The van der Waals surface area contributed by atoms with Gasteiger partial charge in [0.25, 0.3) is 5.91 Å². The lowest BCUT2D eigenvalue weighted by molar-refractivity contribution is 0.0802. The van der Waals surface area contributed by atoms with Gasteiger partial charge >= 0.3 is 0 Å². The number of hydrogen-bond acceptors (Lipinski definition) is 2. The molecule has 0 unspecified atom stereocenters. The first-order chi connectivity index (χ1) is 6.16. The maximum Gasteiger partial charge on any atom is 0.272 e. The minimum absolute atomic E-state index is 0.113. The first-order valence-corrected chi connectivity index (χ1v) is 3.83. The monoisotopic (exact) mass is 177 g/mol. The molecule has 4 nitrogen and oxygen atoms in total. The van der Waals surface area contributed by atoms with Crippen molar-refractivity contribution in [3.8, 4) is 12.3 Å². The van der Waals surface area contributed by atoms with Crippen LogP contribution in [0.5, 0.6) is 0 Å². The number of carbonyl (C=O) groups excluding carboxylic acids is 1. The van der Waals surface area contributed by atoms with Gasteiger partial charge in [0.05, 0.1) is 6.54 Å². The van der Waals surface area contributed by atoms with Crippen molar-refractivity contribution in [1.29, 1.82) is 0 Å². The van der Waals surface area contributed by atoms with E-state index in [2.05, 4.69) is 11.0 Å². The van der Waals surface area contributed by atoms with Gasteiger partial charge in [0, 0.05) is 20.3 Å². The molecule has 1 aromatic heterocycles. The van der Waals surface area contributed by atoms with E-state index in [1.807, 2.05) is 0 Å². The largest absolute Gasteiger partial charge is 0.329 e. The lowest BCUT2D eigenvalue weighted by atomic mass is 10.3. The summed E-state index contributed by atoms with van der Waals surface area (Å²) in [7, 11) is 3.38. The number of rotatable bonds is 2. The van der Waals surface area contributed by atoms with Crippen LogP contribution in [0, 0.1) is 12.3 Å². The standard InChI is InChI=1S/C9H11N3O/c1-4-7-11(2)9(13)8-5-6-10-12(8)3/h1,5-6H,7H2,2-3H3. The van der Waals surface area contributed by atoms with Crippen LogP contribution in [0.2, 0.25) is 0 Å². The van der Waals surface area contributed by atoms with Gasteiger partial charge in [-0.15, -0.1) is 6.42 Å². The summed E-state index contributed by atoms with van der Waals surface area (Å²) in [4.78, 5) is 13.1. The average molecular weight is 177 g/mol. The molecule has 0 aliphatic carbocycles. The van der Waals surface area contributed by atoms with Crippen LogP contribution in [0.15, 0.2) is 12.3 Å². The van der Waals surface area contributed by atoms with Gasteiger partial charge in [-0.2, -0.15) is 5.10 Å². The number of aromatic nitrogens is 2. The Kier molecular flexibility index (Phi) is 2.70. The van der Waals surface area contributed by atoms with Crippen molar-refractivity contribution in [2.24, 2.45) is 7.05 Å². The third kappa shape index (κ3) is 1.88. The van der Waals surface area contributed by atoms with Gasteiger partial charge in [-0.3, -0.25) is 9.48 Å². The van der Waals surface area contributed by atoms with E-state index in [9.17, 15) is 4.79 Å². The summed E-state index contributed by atoms with van der Waals surface area (Å²) in [5.74, 6) is 2.29. The Balaban J connectivity index is 2.81. The number of carbonyl (C=O) groups is 1. The highest BCUT2D eigenvalue weighted by Crippen LogP contribution is 2.00. The van der Waals surface area contributed by atoms with E-state index in [0.29, 0.717) is 12.2 Å². The van der Waals surface area contributed by atoms with Gasteiger partial charge < -0.3 is 4.90 Å². The minimum atomic E-state index is -0.113. The predicted molar refractivity (Wildman–Crippen MR) is 49.0 cm³/mol. The van der Waals surface area contributed by atoms with E-state index in [0.717, 1.165) is 0 Å². The minimum Gasteiger partial charge on any atom is -0.329 e. The zero-order valence-electron chi connectivity index (χ0n) is 7.69. The van der Waals surface area contributed by atoms with E-state index < -0.39 is 0 Å². The molecule has 0 aliphatic heterocycles. The Labute approximate surface area is 77.1 Å². The highest BCUT2D eigenvalue weighted by Gasteiger charge is 2.13. The smallest absolute Gasteiger partial charge is 0.272 e. The van der Waals surface area contributed by atoms with E-state index >= 15 is 0 Å². The van der Waals surface area contributed by atoms with Crippen LogP contribution in [-0.2, 0) is 7.05 Å². The van der Waals surface area contributed by atoms with Crippen LogP contribution in [-0.4, -0.2) is 34.2 Å². The third-order valence-electron chi connectivity index (χ3n) is 1.72. The fourth-order valence-corrected chi connectivity index (χ4v) is 0.988. The molecule has 1 aromatic rings. The Morgan fingerprint density at radius 2 is 2.54 bits per heavy atom. The molecule has 1 rings (SSSR count). The highest BCUT2D eigenvalue weighted by atomic mass is 16.2. The summed E-state index contributed by atoms with van der Waals surface area (Å²) in [6.45, 7) is 0.310. The molecule has 13 heavy (non-hydrogen) atoms. The molecule has 0 fully saturated rings. The second kappa shape index (κ2) is 3.76. The van der Waals surface area contributed by atoms with Crippen molar-refractivity contribution in [2.75, 3.05) is 13.6 Å². The van der Waals surface area contributed by atoms with E-state index in [-0.39, 0.29) is 5.91 Å². The average Bonchev–Trinajstić information content (AvgIpc) is 2.50. The van der Waals surface area contributed by atoms with Gasteiger partial charge in [0.2, 0.25) is 0 Å². The Hall–Kier alpha value is -1.76. The normalized spacial score (nSPS) is 9.31. The maximum absolute atomic E-state index is 11.6. The molecule has 1 amide bonds. The van der Waals surface area contributed by atoms with Crippen LogP contribution >= 0.6 is 0 Å². The van der Waals surface area contributed by atoms with E-state index in [1.165, 1.54) is 9.58 Å². The van der Waals surface area contributed by atoms with Gasteiger partial charge in [-0.25, -0.2) is 0 Å². The van der Waals surface area contributed by atoms with Gasteiger partial charge in [-0.1, -0.05) is 5.92 Å². The summed E-state index contributed by atoms with van der Waals surface area (Å²) in [6.07, 6.45) is 6.67. The Morgan fingerprint density at radius 1 is 1.85 bits per heavy atom. The van der Waals surface area contributed by atoms with Crippen LogP contribution in [0.3, 0.4) is 0 Å². The van der Waals surface area contributed by atoms with Crippen molar-refractivity contribution < 1.29 is 4.79 Å². The molecule has 0 atom stereocenters. The summed E-state index contributed by atoms with van der Waals surface area (Å²) < 4.78 is 1.52. The van der Waals surface area contributed by atoms with Crippen molar-refractivity contribution in [2.45, 2.75) is 0 Å². The number of hydrogen-bond donors (Lipinski definition) is 0. The van der Waals surface area contributed by atoms with E-state index in [4.69, 9.17) is 6.42 Å². The fraction of sp³-hybridized carbons (Fsp3) is 0.333. The molecule has 4 heteroatoms. The van der Waals surface area contributed by atoms with Crippen molar-refractivity contribution in [3.05, 3.63) is 18.0 Å². The molecular formula is C9H11N3O. The van der Waals surface area contributed by atoms with Crippen LogP contribution in [0.4, 0.5) is 0 Å². The molecule has 0 bridgehead atoms. The maximum atomic E-state index is 11.6. The number of aryl methyl sites for hydroxylation is 1. The fourth-order valence-electron chi connectivity index (χ4n) is 0.988. The molecule has 0 aromatic carbocycles. The lowest BCUT2D eigenvalue weighted by Gasteiger charge is -2.13. The second-order valence-electron chi connectivity index (χ2n) is 2.71. The molecular weight excluding hydrogens is 166 g/mol. The summed E-state index contributed by atoms with van der Waals surface area (Å²) in [6, 6.07) is 1.66. The van der Waals surface area contributed by atoms with Crippen LogP contribution in [0.1, 0.15) is 10.5 Å². The van der Waals surface area contributed by atoms with Gasteiger partial charge in [0.1, 0.15) is 5.69 Å². The first-order valence-electron chi connectivity index (χ1n) is 3.83. The molecule has 0 spiro atoms. The number of terminal acetylenes is 1. The molecule has 0 aliphatic rings. The Morgan fingerprint density at radius 3 is 3.00 bits per heavy atom. The summed E-state index contributed by atoms with van der Waals surface area (Å²) in [5.41, 5.74) is 0.540. The SMILES string of the molecule is C#CCN(C)C(=O)c1ccnn1C. The van der Waals surface area contributed by atoms with Gasteiger partial charge in [0.15, 0.2) is 0 Å². The molecule has 1 heterocycles. The summed E-state index contributed by atoms with van der Waals surface area (Å²) >= 11 is 0. The third-order valence-corrected chi connectivity index (χ3v) is 1.72. The quantitative estimate of drug-likeness (QED) is 0.602. The van der Waals surface area contributed by atoms with Crippen molar-refractivity contribution >= 4 is 5.91 Å².